The number of nitrogens with one attached hydrogen (secondary N) is 2. The van der Waals surface area contributed by atoms with E-state index in [2.05, 4.69) is 15.8 Å². The van der Waals surface area contributed by atoms with E-state index in [1.165, 1.54) is 0 Å². The van der Waals surface area contributed by atoms with Crippen LogP contribution in [0.2, 0.25) is 0 Å². The van der Waals surface area contributed by atoms with Gasteiger partial charge in [0.2, 0.25) is 11.8 Å². The lowest BCUT2D eigenvalue weighted by atomic mass is 10.0. The van der Waals surface area contributed by atoms with Crippen molar-refractivity contribution in [3.05, 3.63) is 47.2 Å². The van der Waals surface area contributed by atoms with E-state index in [1.807, 2.05) is 31.2 Å². The van der Waals surface area contributed by atoms with Gasteiger partial charge in [0, 0.05) is 12.6 Å². The van der Waals surface area contributed by atoms with Gasteiger partial charge in [-0.15, -0.1) is 0 Å². The average molecular weight is 313 g/mol. The van der Waals surface area contributed by atoms with Gasteiger partial charge >= 0.3 is 0 Å². The SMILES string of the molecule is Cc1cc(NC(=O)C2(C(=O)NCc3ccccc3C)CC2)no1. The molecule has 0 radical (unpaired) electrons. The van der Waals surface area contributed by atoms with Crippen LogP contribution in [-0.4, -0.2) is 17.0 Å². The molecule has 3 rings (SSSR count). The fourth-order valence-electron chi connectivity index (χ4n) is 2.50. The van der Waals surface area contributed by atoms with Crippen molar-refractivity contribution in [2.45, 2.75) is 33.2 Å². The second-order valence-corrected chi connectivity index (χ2v) is 5.97. The molecule has 6 heteroatoms. The number of aromatic nitrogens is 1. The van der Waals surface area contributed by atoms with Crippen LogP contribution >= 0.6 is 0 Å². The van der Waals surface area contributed by atoms with Gasteiger partial charge in [0.15, 0.2) is 5.82 Å². The number of aryl methyl sites for hydroxylation is 2. The van der Waals surface area contributed by atoms with Gasteiger partial charge in [0.1, 0.15) is 11.2 Å². The second kappa shape index (κ2) is 5.87. The number of hydrogen-bond acceptors (Lipinski definition) is 4. The Balaban J connectivity index is 1.62. The zero-order valence-electron chi connectivity index (χ0n) is 13.2. The van der Waals surface area contributed by atoms with E-state index in [-0.39, 0.29) is 11.8 Å². The Morgan fingerprint density at radius 3 is 2.57 bits per heavy atom. The fraction of sp³-hybridized carbons (Fsp3) is 0.353. The smallest absolute Gasteiger partial charge is 0.241 e. The number of anilines is 1. The van der Waals surface area contributed by atoms with Crippen molar-refractivity contribution in [3.63, 3.8) is 0 Å². The van der Waals surface area contributed by atoms with Crippen LogP contribution < -0.4 is 10.6 Å². The van der Waals surface area contributed by atoms with Gasteiger partial charge in [-0.3, -0.25) is 9.59 Å². The molecule has 1 fully saturated rings. The number of nitrogens with zero attached hydrogens (tertiary/aromatic N) is 1. The van der Waals surface area contributed by atoms with Gasteiger partial charge in [0.25, 0.3) is 0 Å². The van der Waals surface area contributed by atoms with Crippen molar-refractivity contribution in [2.24, 2.45) is 5.41 Å². The zero-order valence-corrected chi connectivity index (χ0v) is 13.2. The third-order valence-electron chi connectivity index (χ3n) is 4.19. The second-order valence-electron chi connectivity index (χ2n) is 5.97. The number of benzene rings is 1. The van der Waals surface area contributed by atoms with Crippen molar-refractivity contribution in [3.8, 4) is 0 Å². The van der Waals surface area contributed by atoms with E-state index in [1.54, 1.807) is 13.0 Å². The highest BCUT2D eigenvalue weighted by Crippen LogP contribution is 2.46. The first-order valence-corrected chi connectivity index (χ1v) is 7.59. The van der Waals surface area contributed by atoms with Crippen LogP contribution in [0.15, 0.2) is 34.9 Å². The molecule has 2 aromatic rings. The first kappa shape index (κ1) is 15.3. The summed E-state index contributed by atoms with van der Waals surface area (Å²) in [5, 5.41) is 9.25. The third-order valence-corrected chi connectivity index (χ3v) is 4.19. The summed E-state index contributed by atoms with van der Waals surface area (Å²) in [5.41, 5.74) is 1.18. The summed E-state index contributed by atoms with van der Waals surface area (Å²) < 4.78 is 4.91. The van der Waals surface area contributed by atoms with Crippen molar-refractivity contribution < 1.29 is 14.1 Å². The first-order valence-electron chi connectivity index (χ1n) is 7.59. The average Bonchev–Trinajstić information content (AvgIpc) is 3.25. The first-order chi connectivity index (χ1) is 11.0. The molecule has 1 heterocycles. The van der Waals surface area contributed by atoms with Crippen molar-refractivity contribution in [1.29, 1.82) is 0 Å². The standard InChI is InChI=1S/C17H19N3O3/c1-11-5-3-4-6-13(11)10-18-15(21)17(7-8-17)16(22)19-14-9-12(2)23-20-14/h3-6,9H,7-8,10H2,1-2H3,(H,18,21)(H,19,20,22). The zero-order chi connectivity index (χ0) is 16.4. The summed E-state index contributed by atoms with van der Waals surface area (Å²) in [4.78, 5) is 24.8. The van der Waals surface area contributed by atoms with Crippen LogP contribution in [0.4, 0.5) is 5.82 Å². The highest BCUT2D eigenvalue weighted by molar-refractivity contribution is 6.12. The number of amides is 2. The number of rotatable bonds is 5. The summed E-state index contributed by atoms with van der Waals surface area (Å²) >= 11 is 0. The van der Waals surface area contributed by atoms with Crippen LogP contribution in [0.3, 0.4) is 0 Å². The molecule has 6 nitrogen and oxygen atoms in total. The predicted molar refractivity (Wildman–Crippen MR) is 84.6 cm³/mol. The molecule has 1 saturated carbocycles. The molecule has 120 valence electrons. The van der Waals surface area contributed by atoms with Crippen molar-refractivity contribution in [1.82, 2.24) is 10.5 Å². The molecular weight excluding hydrogens is 294 g/mol. The van der Waals surface area contributed by atoms with Crippen LogP contribution in [-0.2, 0) is 16.1 Å². The van der Waals surface area contributed by atoms with Crippen LogP contribution in [0.1, 0.15) is 29.7 Å². The van der Waals surface area contributed by atoms with Gasteiger partial charge in [-0.2, -0.15) is 0 Å². The molecule has 0 bridgehead atoms. The summed E-state index contributed by atoms with van der Waals surface area (Å²) in [6, 6.07) is 9.47. The molecule has 2 N–H and O–H groups in total. The van der Waals surface area contributed by atoms with Crippen LogP contribution in [0, 0.1) is 19.3 Å². The molecule has 0 atom stereocenters. The Bertz CT molecular complexity index is 747. The van der Waals surface area contributed by atoms with Crippen molar-refractivity contribution in [2.75, 3.05) is 5.32 Å². The Kier molecular flexibility index (Phi) is 3.90. The quantitative estimate of drug-likeness (QED) is 0.830. The summed E-state index contributed by atoms with van der Waals surface area (Å²) in [6.45, 7) is 4.15. The molecule has 1 aromatic carbocycles. The van der Waals surface area contributed by atoms with Gasteiger partial charge in [0.05, 0.1) is 0 Å². The van der Waals surface area contributed by atoms with E-state index in [9.17, 15) is 9.59 Å². The monoisotopic (exact) mass is 313 g/mol. The number of carbonyl (C=O) groups excluding carboxylic acids is 2. The van der Waals surface area contributed by atoms with E-state index in [0.29, 0.717) is 31.0 Å². The molecule has 1 aromatic heterocycles. The van der Waals surface area contributed by atoms with Crippen molar-refractivity contribution >= 4 is 17.6 Å². The molecule has 1 aliphatic rings. The lowest BCUT2D eigenvalue weighted by Gasteiger charge is -2.15. The molecule has 0 aliphatic heterocycles. The predicted octanol–water partition coefficient (Wildman–Crippen LogP) is 2.33. The van der Waals surface area contributed by atoms with E-state index >= 15 is 0 Å². The summed E-state index contributed by atoms with van der Waals surface area (Å²) in [7, 11) is 0. The Hall–Kier alpha value is -2.63. The molecule has 2 amide bonds. The lowest BCUT2D eigenvalue weighted by Crippen LogP contribution is -2.39. The Labute approximate surface area is 134 Å². The Morgan fingerprint density at radius 1 is 1.22 bits per heavy atom. The molecule has 0 unspecified atom stereocenters. The van der Waals surface area contributed by atoms with E-state index < -0.39 is 5.41 Å². The number of hydrogen-bond donors (Lipinski definition) is 2. The molecule has 23 heavy (non-hydrogen) atoms. The van der Waals surface area contributed by atoms with E-state index in [4.69, 9.17) is 4.52 Å². The minimum atomic E-state index is -0.977. The van der Waals surface area contributed by atoms with Gasteiger partial charge < -0.3 is 15.2 Å². The normalized spacial score (nSPS) is 15.0. The van der Waals surface area contributed by atoms with E-state index in [0.717, 1.165) is 11.1 Å². The highest BCUT2D eigenvalue weighted by atomic mass is 16.5. The number of carbonyl (C=O) groups is 2. The Morgan fingerprint density at radius 2 is 1.96 bits per heavy atom. The van der Waals surface area contributed by atoms with Gasteiger partial charge in [-0.25, -0.2) is 0 Å². The third kappa shape index (κ3) is 3.11. The maximum absolute atomic E-state index is 12.4. The van der Waals surface area contributed by atoms with Gasteiger partial charge in [-0.1, -0.05) is 29.4 Å². The topological polar surface area (TPSA) is 84.2 Å². The fourth-order valence-corrected chi connectivity index (χ4v) is 2.50. The summed E-state index contributed by atoms with van der Waals surface area (Å²) in [5.74, 6) is 0.381. The highest BCUT2D eigenvalue weighted by Gasteiger charge is 2.56. The molecule has 0 spiro atoms. The minimum Gasteiger partial charge on any atom is -0.360 e. The maximum Gasteiger partial charge on any atom is 0.241 e. The maximum atomic E-state index is 12.4. The van der Waals surface area contributed by atoms with Gasteiger partial charge in [-0.05, 0) is 37.8 Å². The lowest BCUT2D eigenvalue weighted by molar-refractivity contribution is -0.134. The molecular formula is C17H19N3O3. The van der Waals surface area contributed by atoms with Crippen LogP contribution in [0.25, 0.3) is 0 Å². The summed E-state index contributed by atoms with van der Waals surface area (Å²) in [6.07, 6.45) is 1.10. The largest absolute Gasteiger partial charge is 0.360 e. The molecule has 0 saturated heterocycles. The molecule has 1 aliphatic carbocycles. The van der Waals surface area contributed by atoms with Crippen LogP contribution in [0.5, 0.6) is 0 Å². The minimum absolute atomic E-state index is 0.238.